The van der Waals surface area contributed by atoms with Gasteiger partial charge in [0.1, 0.15) is 5.75 Å². The van der Waals surface area contributed by atoms with Gasteiger partial charge in [-0.15, -0.1) is 12.4 Å². The second kappa shape index (κ2) is 8.88. The molecule has 2 unspecified atom stereocenters. The molecule has 1 aliphatic carbocycles. The predicted octanol–water partition coefficient (Wildman–Crippen LogP) is 2.02. The molecule has 6 heteroatoms. The van der Waals surface area contributed by atoms with Crippen molar-refractivity contribution in [2.24, 2.45) is 5.92 Å². The summed E-state index contributed by atoms with van der Waals surface area (Å²) in [6, 6.07) is 7.92. The molecule has 1 aromatic rings. The summed E-state index contributed by atoms with van der Waals surface area (Å²) < 4.78 is 5.24. The van der Waals surface area contributed by atoms with E-state index in [1.54, 1.807) is 7.11 Å². The summed E-state index contributed by atoms with van der Waals surface area (Å²) in [7, 11) is 1.65. The third-order valence-electron chi connectivity index (χ3n) is 5.61. The summed E-state index contributed by atoms with van der Waals surface area (Å²) >= 11 is 0. The summed E-state index contributed by atoms with van der Waals surface area (Å²) in [5, 5.41) is 16.2. The average Bonchev–Trinajstić information content (AvgIpc) is 3.05. The van der Waals surface area contributed by atoms with E-state index in [-0.39, 0.29) is 30.3 Å². The Balaban J connectivity index is 0.00000225. The third-order valence-corrected chi connectivity index (χ3v) is 5.61. The molecule has 2 fully saturated rings. The van der Waals surface area contributed by atoms with Crippen LogP contribution in [-0.4, -0.2) is 43.9 Å². The van der Waals surface area contributed by atoms with Crippen LogP contribution in [0.2, 0.25) is 0 Å². The number of carbonyl (C=O) groups is 1. The lowest BCUT2D eigenvalue weighted by Gasteiger charge is -2.37. The zero-order valence-corrected chi connectivity index (χ0v) is 15.6. The first-order valence-electron chi connectivity index (χ1n) is 8.97. The number of aliphatic hydroxyl groups excluding tert-OH is 1. The number of amides is 1. The number of β-amino-alcohol motifs (C(OH)–C–C–N with tert-alkyl or cyclic N) is 1. The van der Waals surface area contributed by atoms with Gasteiger partial charge in [0.15, 0.2) is 0 Å². The molecule has 3 rings (SSSR count). The SMILES string of the molecule is COc1ccc(C2(C(=O)NCC3CNCC3O)CCCCC2)cc1.Cl. The van der Waals surface area contributed by atoms with Crippen LogP contribution < -0.4 is 15.4 Å². The fourth-order valence-corrected chi connectivity index (χ4v) is 4.03. The molecule has 1 saturated heterocycles. The normalized spacial score (nSPS) is 25.0. The topological polar surface area (TPSA) is 70.6 Å². The Kier molecular flexibility index (Phi) is 7.11. The van der Waals surface area contributed by atoms with Crippen LogP contribution in [0.1, 0.15) is 37.7 Å². The van der Waals surface area contributed by atoms with Crippen molar-refractivity contribution in [3.63, 3.8) is 0 Å². The number of hydrogen-bond donors (Lipinski definition) is 3. The van der Waals surface area contributed by atoms with Crippen molar-refractivity contribution in [1.82, 2.24) is 10.6 Å². The summed E-state index contributed by atoms with van der Waals surface area (Å²) in [5.41, 5.74) is 0.632. The lowest BCUT2D eigenvalue weighted by Crippen LogP contribution is -2.48. The molecular formula is C19H29ClN2O3. The monoisotopic (exact) mass is 368 g/mol. The fraction of sp³-hybridized carbons (Fsp3) is 0.632. The van der Waals surface area contributed by atoms with Crippen LogP contribution in [0.15, 0.2) is 24.3 Å². The minimum Gasteiger partial charge on any atom is -0.497 e. The van der Waals surface area contributed by atoms with Crippen molar-refractivity contribution in [3.05, 3.63) is 29.8 Å². The van der Waals surface area contributed by atoms with Crippen LogP contribution in [0, 0.1) is 5.92 Å². The molecule has 1 saturated carbocycles. The molecule has 3 N–H and O–H groups in total. The van der Waals surface area contributed by atoms with Gasteiger partial charge in [-0.2, -0.15) is 0 Å². The molecule has 25 heavy (non-hydrogen) atoms. The number of carbonyl (C=O) groups excluding carboxylic acids is 1. The van der Waals surface area contributed by atoms with E-state index in [0.717, 1.165) is 43.5 Å². The van der Waals surface area contributed by atoms with Crippen molar-refractivity contribution >= 4 is 18.3 Å². The molecule has 0 bridgehead atoms. The van der Waals surface area contributed by atoms with E-state index in [4.69, 9.17) is 4.74 Å². The maximum Gasteiger partial charge on any atom is 0.230 e. The number of halogens is 1. The van der Waals surface area contributed by atoms with Gasteiger partial charge < -0.3 is 20.5 Å². The molecule has 0 spiro atoms. The summed E-state index contributed by atoms with van der Waals surface area (Å²) in [5.74, 6) is 1.02. The van der Waals surface area contributed by atoms with Crippen LogP contribution in [0.5, 0.6) is 5.75 Å². The van der Waals surface area contributed by atoms with Crippen LogP contribution in [0.3, 0.4) is 0 Å². The molecule has 1 heterocycles. The van der Waals surface area contributed by atoms with Gasteiger partial charge in [-0.05, 0) is 30.5 Å². The van der Waals surface area contributed by atoms with E-state index in [9.17, 15) is 9.90 Å². The number of rotatable bonds is 5. The summed E-state index contributed by atoms with van der Waals surface area (Å²) in [6.45, 7) is 1.91. The lowest BCUT2D eigenvalue weighted by atomic mass is 9.68. The molecule has 5 nitrogen and oxygen atoms in total. The van der Waals surface area contributed by atoms with E-state index in [1.807, 2.05) is 24.3 Å². The van der Waals surface area contributed by atoms with E-state index in [0.29, 0.717) is 13.1 Å². The third kappa shape index (κ3) is 4.27. The van der Waals surface area contributed by atoms with Crippen molar-refractivity contribution < 1.29 is 14.6 Å². The van der Waals surface area contributed by atoms with E-state index >= 15 is 0 Å². The van der Waals surface area contributed by atoms with Gasteiger partial charge in [-0.25, -0.2) is 0 Å². The first-order chi connectivity index (χ1) is 11.7. The largest absolute Gasteiger partial charge is 0.497 e. The Morgan fingerprint density at radius 1 is 1.24 bits per heavy atom. The maximum absolute atomic E-state index is 13.1. The number of ether oxygens (including phenoxy) is 1. The van der Waals surface area contributed by atoms with Crippen molar-refractivity contribution in [2.45, 2.75) is 43.6 Å². The van der Waals surface area contributed by atoms with Crippen molar-refractivity contribution in [3.8, 4) is 5.75 Å². The van der Waals surface area contributed by atoms with Gasteiger partial charge in [-0.3, -0.25) is 4.79 Å². The van der Waals surface area contributed by atoms with Crippen molar-refractivity contribution in [1.29, 1.82) is 0 Å². The number of hydrogen-bond acceptors (Lipinski definition) is 4. The first kappa shape index (κ1) is 20.0. The molecule has 0 radical (unpaired) electrons. The fourth-order valence-electron chi connectivity index (χ4n) is 4.03. The highest BCUT2D eigenvalue weighted by molar-refractivity contribution is 5.88. The minimum atomic E-state index is -0.443. The Labute approximate surface area is 155 Å². The number of nitrogens with one attached hydrogen (secondary N) is 2. The van der Waals surface area contributed by atoms with Gasteiger partial charge in [0.2, 0.25) is 5.91 Å². The predicted molar refractivity (Wildman–Crippen MR) is 100 cm³/mol. The zero-order valence-electron chi connectivity index (χ0n) is 14.8. The maximum atomic E-state index is 13.1. The van der Waals surface area contributed by atoms with Crippen LogP contribution >= 0.6 is 12.4 Å². The summed E-state index contributed by atoms with van der Waals surface area (Å²) in [4.78, 5) is 13.1. The molecule has 1 aliphatic heterocycles. The number of benzene rings is 1. The second-order valence-electron chi connectivity index (χ2n) is 7.07. The first-order valence-corrected chi connectivity index (χ1v) is 8.97. The van der Waals surface area contributed by atoms with Gasteiger partial charge in [0, 0.05) is 25.6 Å². The molecule has 1 amide bonds. The smallest absolute Gasteiger partial charge is 0.230 e. The van der Waals surface area contributed by atoms with Gasteiger partial charge in [0.05, 0.1) is 18.6 Å². The van der Waals surface area contributed by atoms with Gasteiger partial charge in [-0.1, -0.05) is 31.4 Å². The molecule has 1 aromatic carbocycles. The van der Waals surface area contributed by atoms with E-state index in [1.165, 1.54) is 6.42 Å². The average molecular weight is 369 g/mol. The highest BCUT2D eigenvalue weighted by atomic mass is 35.5. The van der Waals surface area contributed by atoms with E-state index < -0.39 is 5.41 Å². The number of aliphatic hydroxyl groups is 1. The van der Waals surface area contributed by atoms with Crippen LogP contribution in [0.25, 0.3) is 0 Å². The van der Waals surface area contributed by atoms with Gasteiger partial charge >= 0.3 is 0 Å². The molecule has 2 aliphatic rings. The van der Waals surface area contributed by atoms with Crippen molar-refractivity contribution in [2.75, 3.05) is 26.7 Å². The number of methoxy groups -OCH3 is 1. The quantitative estimate of drug-likeness (QED) is 0.743. The molecule has 2 atom stereocenters. The highest BCUT2D eigenvalue weighted by Crippen LogP contribution is 2.40. The summed E-state index contributed by atoms with van der Waals surface area (Å²) in [6.07, 6.45) is 4.75. The zero-order chi connectivity index (χ0) is 17.0. The Morgan fingerprint density at radius 2 is 1.92 bits per heavy atom. The van der Waals surface area contributed by atoms with Gasteiger partial charge in [0.25, 0.3) is 0 Å². The lowest BCUT2D eigenvalue weighted by molar-refractivity contribution is -0.128. The Hall–Kier alpha value is -1.30. The van der Waals surface area contributed by atoms with Crippen LogP contribution in [0.4, 0.5) is 0 Å². The second-order valence-corrected chi connectivity index (χ2v) is 7.07. The van der Waals surface area contributed by atoms with Crippen LogP contribution in [-0.2, 0) is 10.2 Å². The molecular weight excluding hydrogens is 340 g/mol. The molecule has 140 valence electrons. The Morgan fingerprint density at radius 3 is 2.48 bits per heavy atom. The minimum absolute atomic E-state index is 0. The molecule has 0 aromatic heterocycles. The van der Waals surface area contributed by atoms with E-state index in [2.05, 4.69) is 10.6 Å². The standard InChI is InChI=1S/C19H28N2O3.ClH/c1-24-16-7-5-15(6-8-16)19(9-3-2-4-10-19)18(23)21-12-14-11-20-13-17(14)22;/h5-8,14,17,20,22H,2-4,9-13H2,1H3,(H,21,23);1H. The highest BCUT2D eigenvalue weighted by Gasteiger charge is 2.41. The Bertz CT molecular complexity index is 558.